The molecule has 0 aromatic carbocycles. The molecule has 1 aromatic heterocycles. The van der Waals surface area contributed by atoms with Gasteiger partial charge in [0.05, 0.1) is 12.8 Å². The molecule has 0 bridgehead atoms. The summed E-state index contributed by atoms with van der Waals surface area (Å²) in [5, 5.41) is 2.79. The minimum Gasteiger partial charge on any atom is -0.492 e. The molecule has 2 rings (SSSR count). The number of carbonyl (C=O) groups excluding carboxylic acids is 1. The van der Waals surface area contributed by atoms with Crippen LogP contribution in [0.1, 0.15) is 25.8 Å². The van der Waals surface area contributed by atoms with Crippen molar-refractivity contribution < 1.29 is 9.53 Å². The van der Waals surface area contributed by atoms with E-state index >= 15 is 0 Å². The zero-order valence-electron chi connectivity index (χ0n) is 9.62. The number of fused-ring (bicyclic) bond motifs is 1. The number of ether oxygens (including phenoxy) is 1. The third-order valence-electron chi connectivity index (χ3n) is 2.57. The summed E-state index contributed by atoms with van der Waals surface area (Å²) in [5.41, 5.74) is 1.13. The third-order valence-corrected chi connectivity index (χ3v) is 2.57. The van der Waals surface area contributed by atoms with Crippen LogP contribution in [0.15, 0.2) is 12.3 Å². The van der Waals surface area contributed by atoms with Crippen molar-refractivity contribution >= 4 is 11.7 Å². The summed E-state index contributed by atoms with van der Waals surface area (Å²) in [4.78, 5) is 15.7. The van der Waals surface area contributed by atoms with Crippen molar-refractivity contribution in [3.05, 3.63) is 17.8 Å². The van der Waals surface area contributed by atoms with Crippen LogP contribution in [0.4, 0.5) is 5.82 Å². The second-order valence-electron chi connectivity index (χ2n) is 4.27. The molecule has 0 saturated heterocycles. The van der Waals surface area contributed by atoms with Crippen molar-refractivity contribution in [1.82, 2.24) is 4.98 Å². The van der Waals surface area contributed by atoms with Gasteiger partial charge in [0.15, 0.2) is 0 Å². The quantitative estimate of drug-likeness (QED) is 0.829. The number of aryl methyl sites for hydroxylation is 1. The molecule has 0 aliphatic carbocycles. The Morgan fingerprint density at radius 2 is 2.38 bits per heavy atom. The average molecular weight is 220 g/mol. The molecule has 4 heteroatoms. The standard InChI is InChI=1S/C12H16N2O2/c1-8(2)12(15)14-11-6-9-4-3-5-16-10(9)7-13-11/h6-8H,3-5H2,1-2H3,(H,13,14,15). The minimum absolute atomic E-state index is 0.0100. The Hall–Kier alpha value is -1.58. The van der Waals surface area contributed by atoms with Crippen LogP contribution in [-0.2, 0) is 11.2 Å². The molecule has 0 saturated carbocycles. The highest BCUT2D eigenvalue weighted by molar-refractivity contribution is 5.91. The fraction of sp³-hybridized carbons (Fsp3) is 0.500. The lowest BCUT2D eigenvalue weighted by atomic mass is 10.1. The number of nitrogens with one attached hydrogen (secondary N) is 1. The number of pyridine rings is 1. The first-order chi connectivity index (χ1) is 7.66. The SMILES string of the molecule is CC(C)C(=O)Nc1cc2c(cn1)OCCC2. The summed E-state index contributed by atoms with van der Waals surface area (Å²) in [6.45, 7) is 4.47. The van der Waals surface area contributed by atoms with E-state index in [1.165, 1.54) is 0 Å². The predicted octanol–water partition coefficient (Wildman–Crippen LogP) is 2.00. The molecule has 16 heavy (non-hydrogen) atoms. The van der Waals surface area contributed by atoms with Gasteiger partial charge in [-0.25, -0.2) is 4.98 Å². The maximum Gasteiger partial charge on any atom is 0.228 e. The summed E-state index contributed by atoms with van der Waals surface area (Å²) in [7, 11) is 0. The Morgan fingerprint density at radius 1 is 1.56 bits per heavy atom. The van der Waals surface area contributed by atoms with Gasteiger partial charge in [-0.1, -0.05) is 13.8 Å². The fourth-order valence-corrected chi connectivity index (χ4v) is 1.59. The molecule has 0 unspecified atom stereocenters. The van der Waals surface area contributed by atoms with Crippen molar-refractivity contribution in [1.29, 1.82) is 0 Å². The maximum absolute atomic E-state index is 11.5. The molecule has 1 amide bonds. The topological polar surface area (TPSA) is 51.2 Å². The third kappa shape index (κ3) is 2.32. The fourth-order valence-electron chi connectivity index (χ4n) is 1.59. The van der Waals surface area contributed by atoms with E-state index in [1.54, 1.807) is 6.20 Å². The predicted molar refractivity (Wildman–Crippen MR) is 61.5 cm³/mol. The number of amides is 1. The number of nitrogens with zero attached hydrogens (tertiary/aromatic N) is 1. The van der Waals surface area contributed by atoms with E-state index < -0.39 is 0 Å². The van der Waals surface area contributed by atoms with Crippen molar-refractivity contribution in [2.45, 2.75) is 26.7 Å². The van der Waals surface area contributed by atoms with E-state index in [4.69, 9.17) is 4.74 Å². The van der Waals surface area contributed by atoms with Crippen LogP contribution in [0.3, 0.4) is 0 Å². The molecule has 86 valence electrons. The maximum atomic E-state index is 11.5. The van der Waals surface area contributed by atoms with Crippen molar-refractivity contribution in [3.8, 4) is 5.75 Å². The smallest absolute Gasteiger partial charge is 0.228 e. The van der Waals surface area contributed by atoms with Crippen LogP contribution in [0.5, 0.6) is 5.75 Å². The van der Waals surface area contributed by atoms with Gasteiger partial charge in [0.2, 0.25) is 5.91 Å². The molecule has 1 aliphatic rings. The molecule has 2 heterocycles. The Morgan fingerprint density at radius 3 is 3.12 bits per heavy atom. The van der Waals surface area contributed by atoms with E-state index in [2.05, 4.69) is 10.3 Å². The summed E-state index contributed by atoms with van der Waals surface area (Å²) >= 11 is 0. The summed E-state index contributed by atoms with van der Waals surface area (Å²) in [6.07, 6.45) is 3.70. The molecule has 1 aromatic rings. The molecule has 0 radical (unpaired) electrons. The first-order valence-corrected chi connectivity index (χ1v) is 5.59. The number of hydrogen-bond acceptors (Lipinski definition) is 3. The van der Waals surface area contributed by atoms with Gasteiger partial charge in [0.1, 0.15) is 11.6 Å². The highest BCUT2D eigenvalue weighted by Gasteiger charge is 2.13. The molecule has 0 fully saturated rings. The van der Waals surface area contributed by atoms with Crippen LogP contribution >= 0.6 is 0 Å². The van der Waals surface area contributed by atoms with Gasteiger partial charge in [-0.3, -0.25) is 4.79 Å². The Bertz CT molecular complexity index is 402. The Balaban J connectivity index is 2.14. The van der Waals surface area contributed by atoms with Crippen molar-refractivity contribution in [2.75, 3.05) is 11.9 Å². The van der Waals surface area contributed by atoms with Crippen molar-refractivity contribution in [2.24, 2.45) is 5.92 Å². The average Bonchev–Trinajstić information content (AvgIpc) is 2.28. The van der Waals surface area contributed by atoms with Gasteiger partial charge >= 0.3 is 0 Å². The molecule has 1 aliphatic heterocycles. The molecule has 4 nitrogen and oxygen atoms in total. The molecule has 0 atom stereocenters. The first-order valence-electron chi connectivity index (χ1n) is 5.59. The van der Waals surface area contributed by atoms with Crippen LogP contribution in [-0.4, -0.2) is 17.5 Å². The number of aromatic nitrogens is 1. The lowest BCUT2D eigenvalue weighted by Gasteiger charge is -2.17. The molecule has 0 spiro atoms. The zero-order chi connectivity index (χ0) is 11.5. The van der Waals surface area contributed by atoms with Gasteiger partial charge in [-0.2, -0.15) is 0 Å². The summed E-state index contributed by atoms with van der Waals surface area (Å²) < 4.78 is 5.46. The van der Waals surface area contributed by atoms with Gasteiger partial charge < -0.3 is 10.1 Å². The lowest BCUT2D eigenvalue weighted by Crippen LogP contribution is -2.19. The second kappa shape index (κ2) is 4.51. The monoisotopic (exact) mass is 220 g/mol. The van der Waals surface area contributed by atoms with Gasteiger partial charge in [0.25, 0.3) is 0 Å². The largest absolute Gasteiger partial charge is 0.492 e. The van der Waals surface area contributed by atoms with E-state index in [0.717, 1.165) is 30.8 Å². The van der Waals surface area contributed by atoms with Gasteiger partial charge in [-0.15, -0.1) is 0 Å². The number of carbonyl (C=O) groups is 1. The first kappa shape index (κ1) is 10.9. The van der Waals surface area contributed by atoms with Gasteiger partial charge in [-0.05, 0) is 24.5 Å². The Kier molecular flexibility index (Phi) is 3.08. The molecule has 1 N–H and O–H groups in total. The molecular weight excluding hydrogens is 204 g/mol. The zero-order valence-corrected chi connectivity index (χ0v) is 9.62. The van der Waals surface area contributed by atoms with Crippen LogP contribution in [0, 0.1) is 5.92 Å². The number of rotatable bonds is 2. The van der Waals surface area contributed by atoms with Gasteiger partial charge in [0, 0.05) is 5.92 Å². The normalized spacial score (nSPS) is 14.2. The van der Waals surface area contributed by atoms with E-state index in [1.807, 2.05) is 19.9 Å². The minimum atomic E-state index is -0.0333. The summed E-state index contributed by atoms with van der Waals surface area (Å²) in [5.74, 6) is 1.41. The Labute approximate surface area is 95.0 Å². The van der Waals surface area contributed by atoms with Crippen molar-refractivity contribution in [3.63, 3.8) is 0 Å². The van der Waals surface area contributed by atoms with E-state index in [0.29, 0.717) is 5.82 Å². The highest BCUT2D eigenvalue weighted by atomic mass is 16.5. The second-order valence-corrected chi connectivity index (χ2v) is 4.27. The number of hydrogen-bond donors (Lipinski definition) is 1. The lowest BCUT2D eigenvalue weighted by molar-refractivity contribution is -0.118. The molecular formula is C12H16N2O2. The van der Waals surface area contributed by atoms with Crippen LogP contribution in [0.2, 0.25) is 0 Å². The summed E-state index contributed by atoms with van der Waals surface area (Å²) in [6, 6.07) is 1.90. The highest BCUT2D eigenvalue weighted by Crippen LogP contribution is 2.25. The number of anilines is 1. The van der Waals surface area contributed by atoms with Crippen LogP contribution in [0.25, 0.3) is 0 Å². The van der Waals surface area contributed by atoms with E-state index in [-0.39, 0.29) is 11.8 Å². The van der Waals surface area contributed by atoms with E-state index in [9.17, 15) is 4.79 Å². The van der Waals surface area contributed by atoms with Crippen LogP contribution < -0.4 is 10.1 Å².